The van der Waals surface area contributed by atoms with Crippen LogP contribution in [0.1, 0.15) is 54.8 Å². The summed E-state index contributed by atoms with van der Waals surface area (Å²) in [6.45, 7) is 6.84. The summed E-state index contributed by atoms with van der Waals surface area (Å²) in [4.78, 5) is 12.1. The summed E-state index contributed by atoms with van der Waals surface area (Å²) in [6, 6.07) is 5.99. The van der Waals surface area contributed by atoms with E-state index in [4.69, 9.17) is 9.47 Å². The zero-order valence-electron chi connectivity index (χ0n) is 15.4. The molecule has 3 rings (SSSR count). The molecule has 1 fully saturated rings. The van der Waals surface area contributed by atoms with Crippen LogP contribution in [0.25, 0.3) is 0 Å². The van der Waals surface area contributed by atoms with E-state index in [9.17, 15) is 4.79 Å². The number of aromatic nitrogens is 2. The number of anilines is 1. The molecule has 1 amide bonds. The van der Waals surface area contributed by atoms with Crippen LogP contribution in [0.2, 0.25) is 0 Å². The highest BCUT2D eigenvalue weighted by Crippen LogP contribution is 2.29. The van der Waals surface area contributed by atoms with Gasteiger partial charge in [0, 0.05) is 13.0 Å². The van der Waals surface area contributed by atoms with Crippen molar-refractivity contribution >= 4 is 22.4 Å². The van der Waals surface area contributed by atoms with Gasteiger partial charge in [0.1, 0.15) is 11.9 Å². The first-order valence-electron chi connectivity index (χ1n) is 9.00. The highest BCUT2D eigenvalue weighted by Gasteiger charge is 2.19. The molecule has 140 valence electrons. The predicted molar refractivity (Wildman–Crippen MR) is 102 cm³/mol. The third kappa shape index (κ3) is 4.80. The standard InChI is InChI=1S/C19H25N3O3S/c1-12-6-4-8-16(13(12)2)25-14(3)18-21-22-19(26-18)20-17(23)10-9-15-7-5-11-24-15/h4,6,8,14-15H,5,7,9-11H2,1-3H3,(H,20,22,23). The Labute approximate surface area is 157 Å². The molecule has 0 radical (unpaired) electrons. The average Bonchev–Trinajstić information content (AvgIpc) is 3.29. The molecule has 0 spiro atoms. The monoisotopic (exact) mass is 375 g/mol. The molecule has 6 nitrogen and oxygen atoms in total. The third-order valence-electron chi connectivity index (χ3n) is 4.61. The number of aryl methyl sites for hydroxylation is 1. The van der Waals surface area contributed by atoms with Gasteiger partial charge in [-0.3, -0.25) is 4.79 Å². The van der Waals surface area contributed by atoms with Crippen LogP contribution < -0.4 is 10.1 Å². The van der Waals surface area contributed by atoms with Crippen LogP contribution in [0, 0.1) is 13.8 Å². The first-order chi connectivity index (χ1) is 12.5. The number of rotatable bonds is 7. The Hall–Kier alpha value is -1.99. The van der Waals surface area contributed by atoms with Gasteiger partial charge in [-0.25, -0.2) is 0 Å². The highest BCUT2D eigenvalue weighted by molar-refractivity contribution is 7.15. The number of nitrogens with one attached hydrogen (secondary N) is 1. The summed E-state index contributed by atoms with van der Waals surface area (Å²) in [5, 5.41) is 12.3. The van der Waals surface area contributed by atoms with Crippen molar-refractivity contribution in [3.8, 4) is 5.75 Å². The number of carbonyl (C=O) groups excluding carboxylic acids is 1. The minimum absolute atomic E-state index is 0.0497. The predicted octanol–water partition coefficient (Wildman–Crippen LogP) is 4.19. The number of benzene rings is 1. The van der Waals surface area contributed by atoms with E-state index < -0.39 is 0 Å². The molecule has 2 heterocycles. The van der Waals surface area contributed by atoms with Gasteiger partial charge in [-0.1, -0.05) is 23.5 Å². The van der Waals surface area contributed by atoms with E-state index in [1.54, 1.807) is 0 Å². The normalized spacial score (nSPS) is 17.9. The molecule has 1 aliphatic rings. The van der Waals surface area contributed by atoms with Gasteiger partial charge in [-0.15, -0.1) is 10.2 Å². The van der Waals surface area contributed by atoms with E-state index in [1.165, 1.54) is 16.9 Å². The van der Waals surface area contributed by atoms with Crippen molar-refractivity contribution in [3.05, 3.63) is 34.3 Å². The smallest absolute Gasteiger partial charge is 0.226 e. The molecule has 1 aliphatic heterocycles. The SMILES string of the molecule is Cc1cccc(OC(C)c2nnc(NC(=O)CCC3CCCO3)s2)c1C. The van der Waals surface area contributed by atoms with E-state index >= 15 is 0 Å². The van der Waals surface area contributed by atoms with Crippen molar-refractivity contribution in [3.63, 3.8) is 0 Å². The van der Waals surface area contributed by atoms with Crippen molar-refractivity contribution in [1.82, 2.24) is 10.2 Å². The topological polar surface area (TPSA) is 73.3 Å². The molecule has 7 heteroatoms. The van der Waals surface area contributed by atoms with Gasteiger partial charge in [0.15, 0.2) is 5.01 Å². The molecule has 1 saturated heterocycles. The van der Waals surface area contributed by atoms with Crippen LogP contribution in [0.4, 0.5) is 5.13 Å². The van der Waals surface area contributed by atoms with Crippen LogP contribution in [0.3, 0.4) is 0 Å². The maximum atomic E-state index is 12.1. The summed E-state index contributed by atoms with van der Waals surface area (Å²) in [6.07, 6.45) is 3.31. The van der Waals surface area contributed by atoms with Gasteiger partial charge in [-0.05, 0) is 57.2 Å². The molecular weight excluding hydrogens is 350 g/mol. The lowest BCUT2D eigenvalue weighted by molar-refractivity contribution is -0.116. The quantitative estimate of drug-likeness (QED) is 0.785. The average molecular weight is 375 g/mol. The molecule has 1 aromatic carbocycles. The van der Waals surface area contributed by atoms with Gasteiger partial charge in [-0.2, -0.15) is 0 Å². The van der Waals surface area contributed by atoms with Crippen molar-refractivity contribution < 1.29 is 14.3 Å². The van der Waals surface area contributed by atoms with Crippen LogP contribution in [-0.4, -0.2) is 28.8 Å². The number of hydrogen-bond donors (Lipinski definition) is 1. The van der Waals surface area contributed by atoms with E-state index in [-0.39, 0.29) is 18.1 Å². The molecule has 0 bridgehead atoms. The number of carbonyl (C=O) groups is 1. The van der Waals surface area contributed by atoms with Gasteiger partial charge in [0.25, 0.3) is 0 Å². The molecule has 2 unspecified atom stereocenters. The fourth-order valence-electron chi connectivity index (χ4n) is 2.89. The maximum Gasteiger partial charge on any atom is 0.226 e. The van der Waals surface area contributed by atoms with Crippen molar-refractivity contribution in [2.45, 2.75) is 58.7 Å². The molecule has 1 aromatic heterocycles. The molecule has 2 aromatic rings. The van der Waals surface area contributed by atoms with Crippen molar-refractivity contribution in [2.24, 2.45) is 0 Å². The van der Waals surface area contributed by atoms with Crippen LogP contribution in [-0.2, 0) is 9.53 Å². The highest BCUT2D eigenvalue weighted by atomic mass is 32.1. The Kier molecular flexibility index (Phi) is 6.21. The second-order valence-electron chi connectivity index (χ2n) is 6.63. The van der Waals surface area contributed by atoms with Crippen LogP contribution >= 0.6 is 11.3 Å². The Morgan fingerprint density at radius 1 is 1.42 bits per heavy atom. The second-order valence-corrected chi connectivity index (χ2v) is 7.63. The number of hydrogen-bond acceptors (Lipinski definition) is 6. The minimum Gasteiger partial charge on any atom is -0.483 e. The van der Waals surface area contributed by atoms with E-state index in [0.29, 0.717) is 11.6 Å². The molecule has 26 heavy (non-hydrogen) atoms. The summed E-state index contributed by atoms with van der Waals surface area (Å²) >= 11 is 1.35. The van der Waals surface area contributed by atoms with Gasteiger partial charge >= 0.3 is 0 Å². The summed E-state index contributed by atoms with van der Waals surface area (Å²) in [7, 11) is 0. The lowest BCUT2D eigenvalue weighted by atomic mass is 10.1. The first-order valence-corrected chi connectivity index (χ1v) is 9.82. The molecular formula is C19H25N3O3S. The zero-order chi connectivity index (χ0) is 18.5. The van der Waals surface area contributed by atoms with Crippen LogP contribution in [0.5, 0.6) is 5.75 Å². The lowest BCUT2D eigenvalue weighted by Gasteiger charge is -2.15. The minimum atomic E-state index is -0.231. The Morgan fingerprint density at radius 3 is 3.04 bits per heavy atom. The van der Waals surface area contributed by atoms with Crippen LogP contribution in [0.15, 0.2) is 18.2 Å². The number of amides is 1. The van der Waals surface area contributed by atoms with Gasteiger partial charge in [0.05, 0.1) is 6.10 Å². The Balaban J connectivity index is 1.53. The van der Waals surface area contributed by atoms with E-state index in [1.807, 2.05) is 26.0 Å². The maximum absolute atomic E-state index is 12.1. The first kappa shape index (κ1) is 18.8. The molecule has 0 saturated carbocycles. The summed E-state index contributed by atoms with van der Waals surface area (Å²) in [5.41, 5.74) is 2.30. The van der Waals surface area contributed by atoms with E-state index in [2.05, 4.69) is 28.5 Å². The molecule has 1 N–H and O–H groups in total. The third-order valence-corrected chi connectivity index (χ3v) is 5.61. The second kappa shape index (κ2) is 8.60. The largest absolute Gasteiger partial charge is 0.483 e. The summed E-state index contributed by atoms with van der Waals surface area (Å²) in [5.74, 6) is 0.793. The fourth-order valence-corrected chi connectivity index (χ4v) is 3.63. The lowest BCUT2D eigenvalue weighted by Crippen LogP contribution is -2.15. The number of ether oxygens (including phenoxy) is 2. The van der Waals surface area contributed by atoms with Gasteiger partial charge < -0.3 is 14.8 Å². The van der Waals surface area contributed by atoms with Crippen molar-refractivity contribution in [1.29, 1.82) is 0 Å². The molecule has 2 atom stereocenters. The van der Waals surface area contributed by atoms with Gasteiger partial charge in [0.2, 0.25) is 11.0 Å². The summed E-state index contributed by atoms with van der Waals surface area (Å²) < 4.78 is 11.6. The Morgan fingerprint density at radius 2 is 2.27 bits per heavy atom. The van der Waals surface area contributed by atoms with E-state index in [0.717, 1.165) is 42.2 Å². The number of nitrogens with zero attached hydrogens (tertiary/aromatic N) is 2. The van der Waals surface area contributed by atoms with Crippen molar-refractivity contribution in [2.75, 3.05) is 11.9 Å². The Bertz CT molecular complexity index is 756. The fraction of sp³-hybridized carbons (Fsp3) is 0.526. The molecule has 0 aliphatic carbocycles. The zero-order valence-corrected chi connectivity index (χ0v) is 16.3.